The molecule has 1 aromatic carbocycles. The van der Waals surface area contributed by atoms with E-state index >= 15 is 0 Å². The number of benzene rings is 1. The van der Waals surface area contributed by atoms with Gasteiger partial charge in [-0.2, -0.15) is 5.10 Å². The molecule has 0 unspecified atom stereocenters. The third kappa shape index (κ3) is 6.09. The molecular weight excluding hydrogens is 294 g/mol. The second-order valence-electron chi connectivity index (χ2n) is 3.74. The number of ether oxygens (including phenoxy) is 3. The average molecular weight is 311 g/mol. The fourth-order valence-electron chi connectivity index (χ4n) is 1.40. The van der Waals surface area contributed by atoms with E-state index in [1.165, 1.54) is 13.3 Å². The number of nitrogens with two attached hydrogens (primary N) is 1. The number of thiocarbonyl (C=S) groups is 1. The first-order chi connectivity index (χ1) is 10.1. The predicted octanol–water partition coefficient (Wildman–Crippen LogP) is 0.804. The van der Waals surface area contributed by atoms with Gasteiger partial charge in [0, 0.05) is 0 Å². The van der Waals surface area contributed by atoms with Gasteiger partial charge in [-0.25, -0.2) is 4.79 Å². The maximum Gasteiger partial charge on any atom is 0.344 e. The molecule has 0 saturated heterocycles. The van der Waals surface area contributed by atoms with E-state index in [2.05, 4.69) is 22.7 Å². The molecule has 0 amide bonds. The zero-order chi connectivity index (χ0) is 15.7. The lowest BCUT2D eigenvalue weighted by Crippen LogP contribution is -2.24. The SMILES string of the molecule is CCOC(=O)COc1cc(/C=N\NC(N)=S)ccc1OC. The number of methoxy groups -OCH3 is 1. The van der Waals surface area contributed by atoms with Gasteiger partial charge in [0.15, 0.2) is 23.2 Å². The maximum atomic E-state index is 11.3. The molecule has 0 radical (unpaired) electrons. The fourth-order valence-corrected chi connectivity index (χ4v) is 1.45. The van der Waals surface area contributed by atoms with Crippen LogP contribution in [0, 0.1) is 0 Å². The Morgan fingerprint density at radius 3 is 2.86 bits per heavy atom. The molecule has 114 valence electrons. The van der Waals surface area contributed by atoms with Crippen LogP contribution in [0.5, 0.6) is 11.5 Å². The van der Waals surface area contributed by atoms with E-state index in [1.54, 1.807) is 25.1 Å². The molecule has 21 heavy (non-hydrogen) atoms. The van der Waals surface area contributed by atoms with Crippen molar-refractivity contribution in [2.24, 2.45) is 10.8 Å². The van der Waals surface area contributed by atoms with Crippen molar-refractivity contribution in [3.63, 3.8) is 0 Å². The average Bonchev–Trinajstić information content (AvgIpc) is 2.45. The number of esters is 1. The Balaban J connectivity index is 2.77. The number of carbonyl (C=O) groups excluding carboxylic acids is 1. The summed E-state index contributed by atoms with van der Waals surface area (Å²) >= 11 is 4.63. The summed E-state index contributed by atoms with van der Waals surface area (Å²) in [6.07, 6.45) is 1.51. The summed E-state index contributed by atoms with van der Waals surface area (Å²) < 4.78 is 15.3. The van der Waals surface area contributed by atoms with Gasteiger partial charge in [-0.15, -0.1) is 0 Å². The van der Waals surface area contributed by atoms with Gasteiger partial charge in [0.25, 0.3) is 0 Å². The van der Waals surface area contributed by atoms with Gasteiger partial charge in [-0.05, 0) is 42.9 Å². The number of carbonyl (C=O) groups is 1. The fraction of sp³-hybridized carbons (Fsp3) is 0.308. The number of rotatable bonds is 7. The van der Waals surface area contributed by atoms with Gasteiger partial charge >= 0.3 is 5.97 Å². The van der Waals surface area contributed by atoms with E-state index in [-0.39, 0.29) is 11.7 Å². The summed E-state index contributed by atoms with van der Waals surface area (Å²) in [5, 5.41) is 3.90. The van der Waals surface area contributed by atoms with Gasteiger partial charge in [0.05, 0.1) is 19.9 Å². The molecule has 0 atom stereocenters. The first kappa shape index (κ1) is 16.7. The Hall–Kier alpha value is -2.35. The minimum Gasteiger partial charge on any atom is -0.493 e. The highest BCUT2D eigenvalue weighted by Gasteiger charge is 2.08. The molecule has 0 saturated carbocycles. The second-order valence-corrected chi connectivity index (χ2v) is 4.18. The van der Waals surface area contributed by atoms with Gasteiger partial charge < -0.3 is 19.9 Å². The van der Waals surface area contributed by atoms with Crippen molar-refractivity contribution in [3.05, 3.63) is 23.8 Å². The van der Waals surface area contributed by atoms with Crippen molar-refractivity contribution in [2.75, 3.05) is 20.3 Å². The van der Waals surface area contributed by atoms with Crippen molar-refractivity contribution in [3.8, 4) is 11.5 Å². The Morgan fingerprint density at radius 2 is 2.24 bits per heavy atom. The predicted molar refractivity (Wildman–Crippen MR) is 82.6 cm³/mol. The van der Waals surface area contributed by atoms with Crippen molar-refractivity contribution in [1.29, 1.82) is 0 Å². The highest BCUT2D eigenvalue weighted by atomic mass is 32.1. The van der Waals surface area contributed by atoms with Crippen LogP contribution in [0.3, 0.4) is 0 Å². The monoisotopic (exact) mass is 311 g/mol. The van der Waals surface area contributed by atoms with Crippen LogP contribution in [0.1, 0.15) is 12.5 Å². The molecule has 7 nitrogen and oxygen atoms in total. The van der Waals surface area contributed by atoms with Crippen molar-refractivity contribution < 1.29 is 19.0 Å². The Morgan fingerprint density at radius 1 is 1.48 bits per heavy atom. The van der Waals surface area contributed by atoms with Crippen LogP contribution in [-0.4, -0.2) is 37.6 Å². The van der Waals surface area contributed by atoms with Gasteiger partial charge in [0.2, 0.25) is 0 Å². The zero-order valence-electron chi connectivity index (χ0n) is 11.8. The number of hydrogen-bond donors (Lipinski definition) is 2. The Kier molecular flexibility index (Phi) is 6.96. The van der Waals surface area contributed by atoms with Crippen molar-refractivity contribution in [1.82, 2.24) is 5.43 Å². The third-order valence-electron chi connectivity index (χ3n) is 2.23. The number of hydrazone groups is 1. The van der Waals surface area contributed by atoms with E-state index in [9.17, 15) is 4.79 Å². The Labute approximate surface area is 128 Å². The van der Waals surface area contributed by atoms with E-state index in [1.807, 2.05) is 0 Å². The van der Waals surface area contributed by atoms with Crippen LogP contribution in [-0.2, 0) is 9.53 Å². The van der Waals surface area contributed by atoms with Gasteiger partial charge in [-0.1, -0.05) is 0 Å². The molecule has 0 aromatic heterocycles. The standard InChI is InChI=1S/C13H17N3O4S/c1-3-19-12(17)8-20-11-6-9(4-5-10(11)18-2)7-15-16-13(14)21/h4-7H,3,8H2,1-2H3,(H3,14,16,21)/b15-7-. The molecule has 1 rings (SSSR count). The summed E-state index contributed by atoms with van der Waals surface area (Å²) in [6, 6.07) is 5.13. The second kappa shape index (κ2) is 8.75. The van der Waals surface area contributed by atoms with Crippen LogP contribution in [0.2, 0.25) is 0 Å². The lowest BCUT2D eigenvalue weighted by Gasteiger charge is -2.10. The smallest absolute Gasteiger partial charge is 0.344 e. The highest BCUT2D eigenvalue weighted by molar-refractivity contribution is 7.80. The summed E-state index contributed by atoms with van der Waals surface area (Å²) in [6.45, 7) is 1.83. The largest absolute Gasteiger partial charge is 0.493 e. The zero-order valence-corrected chi connectivity index (χ0v) is 12.6. The molecule has 0 spiro atoms. The summed E-state index contributed by atoms with van der Waals surface area (Å²) in [4.78, 5) is 11.3. The molecule has 0 aliphatic carbocycles. The quantitative estimate of drug-likeness (QED) is 0.333. The molecule has 3 N–H and O–H groups in total. The lowest BCUT2D eigenvalue weighted by molar-refractivity contribution is -0.145. The molecule has 0 heterocycles. The molecular formula is C13H17N3O4S. The molecule has 1 aromatic rings. The van der Waals surface area contributed by atoms with E-state index in [0.717, 1.165) is 5.56 Å². The molecule has 0 fully saturated rings. The first-order valence-corrected chi connectivity index (χ1v) is 6.52. The van der Waals surface area contributed by atoms with Crippen molar-refractivity contribution in [2.45, 2.75) is 6.92 Å². The van der Waals surface area contributed by atoms with Crippen molar-refractivity contribution >= 4 is 29.5 Å². The van der Waals surface area contributed by atoms with Gasteiger partial charge in [0.1, 0.15) is 0 Å². The first-order valence-electron chi connectivity index (χ1n) is 6.11. The number of nitrogens with zero attached hydrogens (tertiary/aromatic N) is 1. The lowest BCUT2D eigenvalue weighted by atomic mass is 10.2. The Bertz CT molecular complexity index is 534. The summed E-state index contributed by atoms with van der Waals surface area (Å²) in [5.41, 5.74) is 8.41. The van der Waals surface area contributed by atoms with Crippen LogP contribution in [0.25, 0.3) is 0 Å². The minimum absolute atomic E-state index is 0.0681. The molecule has 0 aliphatic rings. The van der Waals surface area contributed by atoms with Crippen LogP contribution in [0.15, 0.2) is 23.3 Å². The van der Waals surface area contributed by atoms with E-state index in [4.69, 9.17) is 19.9 Å². The minimum atomic E-state index is -0.450. The molecule has 0 bridgehead atoms. The summed E-state index contributed by atoms with van der Waals surface area (Å²) in [7, 11) is 1.51. The third-order valence-corrected chi connectivity index (χ3v) is 2.32. The maximum absolute atomic E-state index is 11.3. The molecule has 8 heteroatoms. The number of nitrogens with one attached hydrogen (secondary N) is 1. The van der Waals surface area contributed by atoms with Crippen LogP contribution >= 0.6 is 12.2 Å². The number of hydrogen-bond acceptors (Lipinski definition) is 6. The topological polar surface area (TPSA) is 95.2 Å². The van der Waals surface area contributed by atoms with E-state index < -0.39 is 5.97 Å². The normalized spacial score (nSPS) is 10.2. The van der Waals surface area contributed by atoms with E-state index in [0.29, 0.717) is 18.1 Å². The van der Waals surface area contributed by atoms with Gasteiger partial charge in [-0.3, -0.25) is 5.43 Å². The van der Waals surface area contributed by atoms with Crippen LogP contribution < -0.4 is 20.6 Å². The molecule has 0 aliphatic heterocycles. The highest BCUT2D eigenvalue weighted by Crippen LogP contribution is 2.27. The van der Waals surface area contributed by atoms with Crippen LogP contribution in [0.4, 0.5) is 0 Å². The summed E-state index contributed by atoms with van der Waals surface area (Å²) in [5.74, 6) is 0.456.